The molecule has 38 heavy (non-hydrogen) atoms. The molecular weight excluding hydrogens is 505 g/mol. The van der Waals surface area contributed by atoms with Crippen LogP contribution in [0.5, 0.6) is 0 Å². The number of hydrogen-bond donors (Lipinski definition) is 1. The second-order valence-electron chi connectivity index (χ2n) is 9.07. The maximum atomic E-state index is 13.9. The van der Waals surface area contributed by atoms with Crippen LogP contribution in [0.2, 0.25) is 0 Å². The van der Waals surface area contributed by atoms with E-state index in [4.69, 9.17) is 0 Å². The van der Waals surface area contributed by atoms with Gasteiger partial charge in [-0.15, -0.1) is 0 Å². The summed E-state index contributed by atoms with van der Waals surface area (Å²) in [6, 6.07) is 17.9. The van der Waals surface area contributed by atoms with Gasteiger partial charge in [0.2, 0.25) is 11.8 Å². The Balaban J connectivity index is 2.06. The fraction of sp³-hybridized carbons (Fsp3) is 0.310. The zero-order valence-electron chi connectivity index (χ0n) is 22.1. The number of likely N-dealkylation sites (N-methyl/N-ethyl adjacent to an activating group) is 1. The predicted molar refractivity (Wildman–Crippen MR) is 147 cm³/mol. The predicted octanol–water partition coefficient (Wildman–Crippen LogP) is 4.58. The molecule has 0 heterocycles. The molecule has 0 aliphatic carbocycles. The highest BCUT2D eigenvalue weighted by atomic mass is 32.2. The standard InChI is InChI=1S/C29H34FN3O4S/c1-5-27(29(35)31-6-2)32(19-23-10-8-7-9-22(23)4)28(34)20-33(25-15-13-24(30)14-16-25)38(36,37)26-17-11-21(3)12-18-26/h7-18,27H,5-6,19-20H2,1-4H3,(H,31,35)/t27-/m1/s1. The summed E-state index contributed by atoms with van der Waals surface area (Å²) in [4.78, 5) is 28.3. The van der Waals surface area contributed by atoms with Crippen molar-refractivity contribution in [2.24, 2.45) is 0 Å². The molecule has 0 saturated carbocycles. The van der Waals surface area contributed by atoms with Crippen molar-refractivity contribution < 1.29 is 22.4 Å². The second-order valence-corrected chi connectivity index (χ2v) is 10.9. The van der Waals surface area contributed by atoms with Gasteiger partial charge in [-0.05, 0) is 74.7 Å². The van der Waals surface area contributed by atoms with Crippen LogP contribution >= 0.6 is 0 Å². The average molecular weight is 540 g/mol. The number of carbonyl (C=O) groups is 2. The van der Waals surface area contributed by atoms with Gasteiger partial charge in [-0.1, -0.05) is 48.9 Å². The first-order valence-corrected chi connectivity index (χ1v) is 14.0. The van der Waals surface area contributed by atoms with Gasteiger partial charge in [0, 0.05) is 13.1 Å². The van der Waals surface area contributed by atoms with Crippen molar-refractivity contribution in [3.05, 3.63) is 95.3 Å². The van der Waals surface area contributed by atoms with Gasteiger partial charge < -0.3 is 10.2 Å². The summed E-state index contributed by atoms with van der Waals surface area (Å²) in [7, 11) is -4.19. The third-order valence-electron chi connectivity index (χ3n) is 6.34. The molecule has 1 N–H and O–H groups in total. The zero-order chi connectivity index (χ0) is 27.9. The molecule has 0 aromatic heterocycles. The highest BCUT2D eigenvalue weighted by molar-refractivity contribution is 7.92. The van der Waals surface area contributed by atoms with Gasteiger partial charge in [0.05, 0.1) is 10.6 Å². The van der Waals surface area contributed by atoms with Gasteiger partial charge >= 0.3 is 0 Å². The Hall–Kier alpha value is -3.72. The van der Waals surface area contributed by atoms with Crippen molar-refractivity contribution in [1.82, 2.24) is 10.2 Å². The quantitative estimate of drug-likeness (QED) is 0.387. The van der Waals surface area contributed by atoms with Crippen molar-refractivity contribution in [3.8, 4) is 0 Å². The maximum Gasteiger partial charge on any atom is 0.264 e. The minimum atomic E-state index is -4.19. The molecule has 0 aliphatic heterocycles. The first-order chi connectivity index (χ1) is 18.1. The first-order valence-electron chi connectivity index (χ1n) is 12.5. The number of nitrogens with one attached hydrogen (secondary N) is 1. The molecule has 1 atom stereocenters. The maximum absolute atomic E-state index is 13.9. The van der Waals surface area contributed by atoms with Gasteiger partial charge in [-0.2, -0.15) is 0 Å². The number of hydrogen-bond acceptors (Lipinski definition) is 4. The van der Waals surface area contributed by atoms with E-state index in [9.17, 15) is 22.4 Å². The average Bonchev–Trinajstić information content (AvgIpc) is 2.89. The van der Waals surface area contributed by atoms with Crippen molar-refractivity contribution in [2.45, 2.75) is 51.6 Å². The van der Waals surface area contributed by atoms with Crippen LogP contribution in [0.1, 0.15) is 37.0 Å². The van der Waals surface area contributed by atoms with E-state index < -0.39 is 34.3 Å². The summed E-state index contributed by atoms with van der Waals surface area (Å²) in [5, 5.41) is 2.78. The Labute approximate surface area is 224 Å². The van der Waals surface area contributed by atoms with Crippen molar-refractivity contribution in [1.29, 1.82) is 0 Å². The summed E-state index contributed by atoms with van der Waals surface area (Å²) in [5.74, 6) is -1.39. The molecule has 3 aromatic carbocycles. The SMILES string of the molecule is CCNC(=O)[C@@H](CC)N(Cc1ccccc1C)C(=O)CN(c1ccc(F)cc1)S(=O)(=O)c1ccc(C)cc1. The number of rotatable bonds is 11. The molecule has 0 bridgehead atoms. The van der Waals surface area contributed by atoms with Crippen LogP contribution in [-0.2, 0) is 26.2 Å². The van der Waals surface area contributed by atoms with E-state index >= 15 is 0 Å². The summed E-state index contributed by atoms with van der Waals surface area (Å²) in [6.45, 7) is 7.31. The lowest BCUT2D eigenvalue weighted by Gasteiger charge is -2.33. The molecule has 9 heteroatoms. The molecule has 0 saturated heterocycles. The molecule has 0 unspecified atom stereocenters. The smallest absolute Gasteiger partial charge is 0.264 e. The number of carbonyl (C=O) groups excluding carboxylic acids is 2. The Bertz CT molecular complexity index is 1360. The number of anilines is 1. The van der Waals surface area contributed by atoms with Crippen LogP contribution in [0.4, 0.5) is 10.1 Å². The summed E-state index contributed by atoms with van der Waals surface area (Å²) in [5.41, 5.74) is 2.81. The second kappa shape index (κ2) is 12.7. The molecule has 0 aliphatic rings. The van der Waals surface area contributed by atoms with E-state index in [0.29, 0.717) is 13.0 Å². The first kappa shape index (κ1) is 28.8. The lowest BCUT2D eigenvalue weighted by Crippen LogP contribution is -2.52. The monoisotopic (exact) mass is 539 g/mol. The van der Waals surface area contributed by atoms with E-state index in [1.807, 2.05) is 38.1 Å². The lowest BCUT2D eigenvalue weighted by atomic mass is 10.1. The van der Waals surface area contributed by atoms with Gasteiger partial charge in [0.15, 0.2) is 0 Å². The number of halogens is 1. The summed E-state index contributed by atoms with van der Waals surface area (Å²) in [6.07, 6.45) is 0.338. The molecule has 0 radical (unpaired) electrons. The molecule has 0 spiro atoms. The van der Waals surface area contributed by atoms with Gasteiger partial charge in [0.25, 0.3) is 10.0 Å². The van der Waals surface area contributed by atoms with E-state index in [2.05, 4.69) is 5.32 Å². The van der Waals surface area contributed by atoms with E-state index in [1.165, 1.54) is 29.2 Å². The van der Waals surface area contributed by atoms with Gasteiger partial charge in [-0.25, -0.2) is 12.8 Å². The number of amides is 2. The van der Waals surface area contributed by atoms with E-state index in [1.54, 1.807) is 26.0 Å². The number of aryl methyl sites for hydroxylation is 2. The van der Waals surface area contributed by atoms with Crippen LogP contribution in [0.25, 0.3) is 0 Å². The van der Waals surface area contributed by atoms with Crippen molar-refractivity contribution in [3.63, 3.8) is 0 Å². The number of nitrogens with zero attached hydrogens (tertiary/aromatic N) is 2. The lowest BCUT2D eigenvalue weighted by molar-refractivity contribution is -0.140. The van der Waals surface area contributed by atoms with Crippen molar-refractivity contribution >= 4 is 27.5 Å². The summed E-state index contributed by atoms with van der Waals surface area (Å²) < 4.78 is 42.2. The molecular formula is C29H34FN3O4S. The van der Waals surface area contributed by atoms with Crippen LogP contribution < -0.4 is 9.62 Å². The Morgan fingerprint density at radius 3 is 2.13 bits per heavy atom. The topological polar surface area (TPSA) is 86.8 Å². The number of sulfonamides is 1. The van der Waals surface area contributed by atoms with E-state index in [0.717, 1.165) is 33.1 Å². The highest BCUT2D eigenvalue weighted by Crippen LogP contribution is 2.25. The third kappa shape index (κ3) is 6.77. The summed E-state index contributed by atoms with van der Waals surface area (Å²) >= 11 is 0. The molecule has 202 valence electrons. The molecule has 3 aromatic rings. The Morgan fingerprint density at radius 2 is 1.55 bits per heavy atom. The highest BCUT2D eigenvalue weighted by Gasteiger charge is 2.33. The van der Waals surface area contributed by atoms with Crippen molar-refractivity contribution in [2.75, 3.05) is 17.4 Å². The van der Waals surface area contributed by atoms with Gasteiger partial charge in [-0.3, -0.25) is 13.9 Å². The van der Waals surface area contributed by atoms with Crippen LogP contribution in [0.15, 0.2) is 77.7 Å². The number of benzene rings is 3. The molecule has 7 nitrogen and oxygen atoms in total. The molecule has 2 amide bonds. The Morgan fingerprint density at radius 1 is 0.921 bits per heavy atom. The Kier molecular flexibility index (Phi) is 9.63. The third-order valence-corrected chi connectivity index (χ3v) is 8.13. The minimum absolute atomic E-state index is 0.00134. The van der Waals surface area contributed by atoms with Crippen LogP contribution in [-0.4, -0.2) is 44.3 Å². The zero-order valence-corrected chi connectivity index (χ0v) is 23.0. The van der Waals surface area contributed by atoms with Crippen LogP contribution in [0, 0.1) is 19.7 Å². The largest absolute Gasteiger partial charge is 0.355 e. The fourth-order valence-electron chi connectivity index (χ4n) is 4.16. The fourth-order valence-corrected chi connectivity index (χ4v) is 5.57. The molecule has 0 fully saturated rings. The molecule has 3 rings (SSSR count). The minimum Gasteiger partial charge on any atom is -0.355 e. The van der Waals surface area contributed by atoms with Gasteiger partial charge in [0.1, 0.15) is 18.4 Å². The normalized spacial score (nSPS) is 12.0. The van der Waals surface area contributed by atoms with Crippen LogP contribution in [0.3, 0.4) is 0 Å². The van der Waals surface area contributed by atoms with E-state index in [-0.39, 0.29) is 23.0 Å².